The summed E-state index contributed by atoms with van der Waals surface area (Å²) in [5, 5.41) is 3.59. The van der Waals surface area contributed by atoms with Gasteiger partial charge in [0.15, 0.2) is 0 Å². The first kappa shape index (κ1) is 16.1. The van der Waals surface area contributed by atoms with Crippen LogP contribution in [0.2, 0.25) is 0 Å². The van der Waals surface area contributed by atoms with E-state index in [1.54, 1.807) is 7.11 Å². The minimum atomic E-state index is 0.330. The predicted octanol–water partition coefficient (Wildman–Crippen LogP) is 4.66. The van der Waals surface area contributed by atoms with Crippen LogP contribution >= 0.6 is 15.9 Å². The van der Waals surface area contributed by atoms with Gasteiger partial charge in [-0.25, -0.2) is 0 Å². The first-order valence-electron chi connectivity index (χ1n) is 7.27. The van der Waals surface area contributed by atoms with Crippen LogP contribution in [0.25, 0.3) is 0 Å². The molecule has 2 aromatic carbocycles. The van der Waals surface area contributed by atoms with Gasteiger partial charge >= 0.3 is 0 Å². The third-order valence-corrected chi connectivity index (χ3v) is 4.29. The molecule has 0 aliphatic carbocycles. The van der Waals surface area contributed by atoms with Crippen LogP contribution in [0.1, 0.15) is 29.7 Å². The smallest absolute Gasteiger partial charge is 0.133 e. The number of nitrogens with one attached hydrogen (secondary N) is 1. The molecule has 0 aliphatic heterocycles. The van der Waals surface area contributed by atoms with E-state index in [0.29, 0.717) is 6.04 Å². The molecular weight excluding hydrogens is 326 g/mol. The monoisotopic (exact) mass is 347 g/mol. The second-order valence-corrected chi connectivity index (χ2v) is 5.99. The third kappa shape index (κ3) is 4.08. The highest BCUT2D eigenvalue weighted by atomic mass is 79.9. The summed E-state index contributed by atoms with van der Waals surface area (Å²) in [6.07, 6.45) is 0.960. The molecule has 0 saturated carbocycles. The van der Waals surface area contributed by atoms with Gasteiger partial charge in [-0.15, -0.1) is 0 Å². The second-order valence-electron chi connectivity index (χ2n) is 5.14. The summed E-state index contributed by atoms with van der Waals surface area (Å²) in [5.74, 6) is 0.870. The molecule has 2 rings (SSSR count). The van der Waals surface area contributed by atoms with Gasteiger partial charge in [0.25, 0.3) is 0 Å². The molecule has 0 saturated heterocycles. The number of halogens is 1. The molecular formula is C18H22BrNO. The average molecular weight is 348 g/mol. The molecule has 0 amide bonds. The van der Waals surface area contributed by atoms with Crippen molar-refractivity contribution in [2.24, 2.45) is 0 Å². The third-order valence-electron chi connectivity index (χ3n) is 3.67. The summed E-state index contributed by atoms with van der Waals surface area (Å²) in [4.78, 5) is 0. The Morgan fingerprint density at radius 2 is 1.95 bits per heavy atom. The molecule has 2 nitrogen and oxygen atoms in total. The van der Waals surface area contributed by atoms with E-state index in [2.05, 4.69) is 71.5 Å². The molecule has 3 heteroatoms. The summed E-state index contributed by atoms with van der Waals surface area (Å²) < 4.78 is 6.30. The van der Waals surface area contributed by atoms with E-state index in [9.17, 15) is 0 Å². The number of likely N-dealkylation sites (N-methyl/N-ethyl adjacent to an activating group) is 1. The number of benzene rings is 2. The van der Waals surface area contributed by atoms with Crippen LogP contribution in [0.15, 0.2) is 46.9 Å². The van der Waals surface area contributed by atoms with Gasteiger partial charge < -0.3 is 10.1 Å². The van der Waals surface area contributed by atoms with Gasteiger partial charge in [-0.3, -0.25) is 0 Å². The molecule has 112 valence electrons. The van der Waals surface area contributed by atoms with Gasteiger partial charge in [0.05, 0.1) is 11.6 Å². The molecule has 1 N–H and O–H groups in total. The largest absolute Gasteiger partial charge is 0.496 e. The standard InChI is InChI=1S/C18H22BrNO/c1-4-20-17(15-8-6-5-7-13(15)2)12-14-9-10-18(21-3)16(19)11-14/h5-11,17,20H,4,12H2,1-3H3. The first-order chi connectivity index (χ1) is 10.2. The minimum absolute atomic E-state index is 0.330. The summed E-state index contributed by atoms with van der Waals surface area (Å²) in [6, 6.07) is 15.2. The van der Waals surface area contributed by atoms with Crippen LogP contribution < -0.4 is 10.1 Å². The van der Waals surface area contributed by atoms with Crippen molar-refractivity contribution in [3.63, 3.8) is 0 Å². The van der Waals surface area contributed by atoms with E-state index in [0.717, 1.165) is 23.2 Å². The quantitative estimate of drug-likeness (QED) is 0.820. The maximum Gasteiger partial charge on any atom is 0.133 e. The van der Waals surface area contributed by atoms with Crippen molar-refractivity contribution in [1.29, 1.82) is 0 Å². The maximum absolute atomic E-state index is 5.29. The predicted molar refractivity (Wildman–Crippen MR) is 92.0 cm³/mol. The number of hydrogen-bond acceptors (Lipinski definition) is 2. The lowest BCUT2D eigenvalue weighted by molar-refractivity contribution is 0.412. The number of hydrogen-bond donors (Lipinski definition) is 1. The molecule has 1 atom stereocenters. The molecule has 2 aromatic rings. The molecule has 21 heavy (non-hydrogen) atoms. The highest BCUT2D eigenvalue weighted by Gasteiger charge is 2.14. The van der Waals surface area contributed by atoms with Crippen molar-refractivity contribution in [2.75, 3.05) is 13.7 Å². The zero-order valence-electron chi connectivity index (χ0n) is 12.8. The normalized spacial score (nSPS) is 12.2. The Morgan fingerprint density at radius 1 is 1.19 bits per heavy atom. The zero-order chi connectivity index (χ0) is 15.2. The maximum atomic E-state index is 5.29. The molecule has 0 aliphatic rings. The SMILES string of the molecule is CCNC(Cc1ccc(OC)c(Br)c1)c1ccccc1C. The van der Waals surface area contributed by atoms with Crippen LogP contribution in [0.4, 0.5) is 0 Å². The van der Waals surface area contributed by atoms with E-state index >= 15 is 0 Å². The summed E-state index contributed by atoms with van der Waals surface area (Å²) in [5.41, 5.74) is 3.99. The van der Waals surface area contributed by atoms with E-state index in [1.165, 1.54) is 16.7 Å². The molecule has 0 aromatic heterocycles. The first-order valence-corrected chi connectivity index (χ1v) is 8.06. The Balaban J connectivity index is 2.24. The number of rotatable bonds is 6. The summed E-state index contributed by atoms with van der Waals surface area (Å²) in [6.45, 7) is 5.27. The van der Waals surface area contributed by atoms with Gasteiger partial charge in [-0.05, 0) is 64.6 Å². The molecule has 0 heterocycles. The highest BCUT2D eigenvalue weighted by molar-refractivity contribution is 9.10. The van der Waals surface area contributed by atoms with Crippen molar-refractivity contribution < 1.29 is 4.74 Å². The minimum Gasteiger partial charge on any atom is -0.496 e. The number of ether oxygens (including phenoxy) is 1. The fourth-order valence-corrected chi connectivity index (χ4v) is 3.18. The van der Waals surface area contributed by atoms with Crippen LogP contribution in [-0.4, -0.2) is 13.7 Å². The Hall–Kier alpha value is -1.32. The molecule has 0 radical (unpaired) electrons. The average Bonchev–Trinajstić information content (AvgIpc) is 2.47. The van der Waals surface area contributed by atoms with E-state index in [-0.39, 0.29) is 0 Å². The topological polar surface area (TPSA) is 21.3 Å². The Kier molecular flexibility index (Phi) is 5.83. The fraction of sp³-hybridized carbons (Fsp3) is 0.333. The fourth-order valence-electron chi connectivity index (χ4n) is 2.59. The summed E-state index contributed by atoms with van der Waals surface area (Å²) in [7, 11) is 1.69. The van der Waals surface area contributed by atoms with Crippen molar-refractivity contribution >= 4 is 15.9 Å². The lowest BCUT2D eigenvalue weighted by Gasteiger charge is -2.21. The molecule has 0 fully saturated rings. The van der Waals surface area contributed by atoms with Gasteiger partial charge in [0, 0.05) is 6.04 Å². The highest BCUT2D eigenvalue weighted by Crippen LogP contribution is 2.28. The Bertz CT molecular complexity index is 598. The van der Waals surface area contributed by atoms with Crippen LogP contribution in [-0.2, 0) is 6.42 Å². The van der Waals surface area contributed by atoms with Gasteiger partial charge in [0.2, 0.25) is 0 Å². The van der Waals surface area contributed by atoms with Crippen molar-refractivity contribution in [1.82, 2.24) is 5.32 Å². The van der Waals surface area contributed by atoms with Crippen LogP contribution in [0.5, 0.6) is 5.75 Å². The van der Waals surface area contributed by atoms with Crippen molar-refractivity contribution in [3.05, 3.63) is 63.6 Å². The van der Waals surface area contributed by atoms with Gasteiger partial charge in [0.1, 0.15) is 5.75 Å². The molecule has 0 bridgehead atoms. The van der Waals surface area contributed by atoms with Crippen LogP contribution in [0.3, 0.4) is 0 Å². The Labute approximate surface area is 135 Å². The Morgan fingerprint density at radius 3 is 2.57 bits per heavy atom. The molecule has 1 unspecified atom stereocenters. The number of aryl methyl sites for hydroxylation is 1. The lowest BCUT2D eigenvalue weighted by atomic mass is 9.95. The van der Waals surface area contributed by atoms with Gasteiger partial charge in [-0.1, -0.05) is 37.3 Å². The zero-order valence-corrected chi connectivity index (χ0v) is 14.4. The van der Waals surface area contributed by atoms with Crippen LogP contribution in [0, 0.1) is 6.92 Å². The van der Waals surface area contributed by atoms with Gasteiger partial charge in [-0.2, -0.15) is 0 Å². The van der Waals surface area contributed by atoms with Crippen molar-refractivity contribution in [2.45, 2.75) is 26.3 Å². The summed E-state index contributed by atoms with van der Waals surface area (Å²) >= 11 is 3.56. The van der Waals surface area contributed by atoms with E-state index in [1.807, 2.05) is 6.07 Å². The number of methoxy groups -OCH3 is 1. The lowest BCUT2D eigenvalue weighted by Crippen LogP contribution is -2.23. The van der Waals surface area contributed by atoms with Crippen molar-refractivity contribution in [3.8, 4) is 5.75 Å². The molecule has 0 spiro atoms. The van der Waals surface area contributed by atoms with E-state index < -0.39 is 0 Å². The second kappa shape index (κ2) is 7.62. The van der Waals surface area contributed by atoms with E-state index in [4.69, 9.17) is 4.74 Å².